The average Bonchev–Trinajstić information content (AvgIpc) is 3.38. The van der Waals surface area contributed by atoms with Gasteiger partial charge in [0, 0.05) is 34.0 Å². The first-order chi connectivity index (χ1) is 20.8. The molecule has 0 aliphatic rings. The van der Waals surface area contributed by atoms with Crippen molar-refractivity contribution in [2.75, 3.05) is 4.90 Å². The molecular formula is C40H28N2. The van der Waals surface area contributed by atoms with Gasteiger partial charge in [-0.25, -0.2) is 0 Å². The van der Waals surface area contributed by atoms with Crippen molar-refractivity contribution in [1.82, 2.24) is 4.57 Å². The summed E-state index contributed by atoms with van der Waals surface area (Å²) in [5, 5.41) is 7.48. The molecule has 0 aliphatic carbocycles. The molecule has 0 radical (unpaired) electrons. The second-order valence-electron chi connectivity index (χ2n) is 10.7. The smallest absolute Gasteiger partial charge is 0.0534 e. The molecule has 2 heteroatoms. The zero-order valence-electron chi connectivity index (χ0n) is 23.1. The van der Waals surface area contributed by atoms with E-state index < -0.39 is 0 Å². The number of benzene rings is 7. The lowest BCUT2D eigenvalue weighted by atomic mass is 10.1. The highest BCUT2D eigenvalue weighted by molar-refractivity contribution is 6.09. The molecule has 0 aliphatic heterocycles. The second-order valence-corrected chi connectivity index (χ2v) is 10.7. The summed E-state index contributed by atoms with van der Waals surface area (Å²) in [4.78, 5) is 2.35. The second kappa shape index (κ2) is 10.1. The maximum atomic E-state index is 2.35. The Bertz CT molecular complexity index is 2120. The fourth-order valence-electron chi connectivity index (χ4n) is 6.09. The highest BCUT2D eigenvalue weighted by Gasteiger charge is 2.14. The predicted octanol–water partition coefficient (Wildman–Crippen LogP) is 11.2. The molecule has 8 aromatic rings. The largest absolute Gasteiger partial charge is 0.316 e. The van der Waals surface area contributed by atoms with E-state index in [0.717, 1.165) is 22.6 Å². The topological polar surface area (TPSA) is 8.17 Å². The quantitative estimate of drug-likeness (QED) is 0.212. The molecule has 0 saturated carbocycles. The molecule has 0 atom stereocenters. The van der Waals surface area contributed by atoms with Gasteiger partial charge < -0.3 is 9.47 Å². The Morgan fingerprint density at radius 1 is 0.405 bits per heavy atom. The van der Waals surface area contributed by atoms with Crippen molar-refractivity contribution in [2.45, 2.75) is 0 Å². The molecular weight excluding hydrogens is 508 g/mol. The number of nitrogens with zero attached hydrogens (tertiary/aromatic N) is 2. The first-order valence-corrected chi connectivity index (χ1v) is 14.4. The summed E-state index contributed by atoms with van der Waals surface area (Å²) in [5.74, 6) is 0. The third-order valence-electron chi connectivity index (χ3n) is 8.17. The van der Waals surface area contributed by atoms with Gasteiger partial charge in [-0.05, 0) is 81.7 Å². The SMILES string of the molecule is C(=C\n1c2ccccc2c2ccccc21)/c1ccc(N(c2ccc3ccccc3c2)c2ccc3ccccc3c2)cc1. The number of para-hydroxylation sites is 2. The lowest BCUT2D eigenvalue weighted by Gasteiger charge is -2.26. The summed E-state index contributed by atoms with van der Waals surface area (Å²) < 4.78 is 2.29. The predicted molar refractivity (Wildman–Crippen MR) is 181 cm³/mol. The van der Waals surface area contributed by atoms with Crippen molar-refractivity contribution < 1.29 is 0 Å². The van der Waals surface area contributed by atoms with Crippen LogP contribution in [-0.4, -0.2) is 4.57 Å². The monoisotopic (exact) mass is 536 g/mol. The van der Waals surface area contributed by atoms with Crippen LogP contribution < -0.4 is 4.90 Å². The van der Waals surface area contributed by atoms with Gasteiger partial charge in [0.1, 0.15) is 0 Å². The minimum absolute atomic E-state index is 1.12. The molecule has 0 bridgehead atoms. The van der Waals surface area contributed by atoms with Crippen molar-refractivity contribution in [1.29, 1.82) is 0 Å². The van der Waals surface area contributed by atoms with Gasteiger partial charge in [-0.15, -0.1) is 0 Å². The van der Waals surface area contributed by atoms with E-state index in [-0.39, 0.29) is 0 Å². The van der Waals surface area contributed by atoms with Crippen LogP contribution in [0.5, 0.6) is 0 Å². The van der Waals surface area contributed by atoms with Crippen molar-refractivity contribution >= 4 is 72.7 Å². The normalized spacial score (nSPS) is 11.7. The molecule has 42 heavy (non-hydrogen) atoms. The Kier molecular flexibility index (Phi) is 5.82. The number of rotatable bonds is 5. The van der Waals surface area contributed by atoms with E-state index in [0.29, 0.717) is 0 Å². The molecule has 8 rings (SSSR count). The maximum absolute atomic E-state index is 2.35. The molecule has 0 unspecified atom stereocenters. The van der Waals surface area contributed by atoms with E-state index in [1.165, 1.54) is 43.4 Å². The van der Waals surface area contributed by atoms with Crippen molar-refractivity contribution in [3.8, 4) is 0 Å². The fourth-order valence-corrected chi connectivity index (χ4v) is 6.09. The van der Waals surface area contributed by atoms with Gasteiger partial charge in [-0.2, -0.15) is 0 Å². The van der Waals surface area contributed by atoms with Crippen LogP contribution in [0.4, 0.5) is 17.1 Å². The van der Waals surface area contributed by atoms with Crippen LogP contribution >= 0.6 is 0 Å². The lowest BCUT2D eigenvalue weighted by molar-refractivity contribution is 1.29. The first kappa shape index (κ1) is 24.2. The molecule has 7 aromatic carbocycles. The first-order valence-electron chi connectivity index (χ1n) is 14.4. The van der Waals surface area contributed by atoms with Crippen LogP contribution in [0.25, 0.3) is 55.6 Å². The van der Waals surface area contributed by atoms with Crippen LogP contribution in [-0.2, 0) is 0 Å². The van der Waals surface area contributed by atoms with E-state index in [1.54, 1.807) is 0 Å². The zero-order valence-corrected chi connectivity index (χ0v) is 23.1. The number of hydrogen-bond acceptors (Lipinski definition) is 1. The fraction of sp³-hybridized carbons (Fsp3) is 0. The molecule has 198 valence electrons. The van der Waals surface area contributed by atoms with Gasteiger partial charge in [0.05, 0.1) is 11.0 Å². The van der Waals surface area contributed by atoms with E-state index in [1.807, 2.05) is 0 Å². The number of hydrogen-bond donors (Lipinski definition) is 0. The van der Waals surface area contributed by atoms with Crippen LogP contribution in [0.2, 0.25) is 0 Å². The van der Waals surface area contributed by atoms with E-state index in [2.05, 4.69) is 179 Å². The highest BCUT2D eigenvalue weighted by atomic mass is 15.1. The van der Waals surface area contributed by atoms with Crippen LogP contribution in [0.1, 0.15) is 5.56 Å². The summed E-state index contributed by atoms with van der Waals surface area (Å²) in [7, 11) is 0. The van der Waals surface area contributed by atoms with Crippen molar-refractivity contribution in [3.63, 3.8) is 0 Å². The van der Waals surface area contributed by atoms with Gasteiger partial charge >= 0.3 is 0 Å². The Morgan fingerprint density at radius 2 is 0.857 bits per heavy atom. The van der Waals surface area contributed by atoms with Crippen LogP contribution in [0, 0.1) is 0 Å². The summed E-state index contributed by atoms with van der Waals surface area (Å²) in [6.45, 7) is 0. The number of anilines is 3. The van der Waals surface area contributed by atoms with E-state index >= 15 is 0 Å². The van der Waals surface area contributed by atoms with E-state index in [4.69, 9.17) is 0 Å². The molecule has 1 heterocycles. The molecule has 0 N–H and O–H groups in total. The summed E-state index contributed by atoms with van der Waals surface area (Å²) >= 11 is 0. The lowest BCUT2D eigenvalue weighted by Crippen LogP contribution is -2.09. The van der Waals surface area contributed by atoms with Gasteiger partial charge in [0.2, 0.25) is 0 Å². The molecule has 0 fully saturated rings. The maximum Gasteiger partial charge on any atom is 0.0534 e. The zero-order chi connectivity index (χ0) is 27.9. The Balaban J connectivity index is 1.20. The Hall–Kier alpha value is -5.60. The summed E-state index contributed by atoms with van der Waals surface area (Å²) in [6, 6.07) is 56.5. The third-order valence-corrected chi connectivity index (χ3v) is 8.17. The minimum Gasteiger partial charge on any atom is -0.316 e. The van der Waals surface area contributed by atoms with Gasteiger partial charge in [0.15, 0.2) is 0 Å². The molecule has 0 spiro atoms. The third kappa shape index (κ3) is 4.22. The Morgan fingerprint density at radius 3 is 1.40 bits per heavy atom. The van der Waals surface area contributed by atoms with Crippen LogP contribution in [0.15, 0.2) is 158 Å². The van der Waals surface area contributed by atoms with Crippen molar-refractivity contribution in [2.24, 2.45) is 0 Å². The number of aromatic nitrogens is 1. The molecule has 1 aromatic heterocycles. The van der Waals surface area contributed by atoms with Gasteiger partial charge in [0.25, 0.3) is 0 Å². The molecule has 0 saturated heterocycles. The van der Waals surface area contributed by atoms with Gasteiger partial charge in [-0.3, -0.25) is 0 Å². The standard InChI is InChI=1S/C40H28N2/c1-3-11-32-27-35(23-19-30(32)9-1)42(36-24-20-31-10-2-4-12-33(31)28-36)34-21-17-29(18-22-34)25-26-41-39-15-7-5-13-37(39)38-14-6-8-16-40(38)41/h1-28H/b26-25+. The van der Waals surface area contributed by atoms with Gasteiger partial charge in [-0.1, -0.05) is 109 Å². The molecule has 2 nitrogen and oxygen atoms in total. The minimum atomic E-state index is 1.12. The summed E-state index contributed by atoms with van der Waals surface area (Å²) in [6.07, 6.45) is 4.38. The Labute approximate surface area is 245 Å². The van der Waals surface area contributed by atoms with E-state index in [9.17, 15) is 0 Å². The van der Waals surface area contributed by atoms with Crippen LogP contribution in [0.3, 0.4) is 0 Å². The number of fused-ring (bicyclic) bond motifs is 5. The summed E-state index contributed by atoms with van der Waals surface area (Å²) in [5.41, 5.74) is 6.97. The van der Waals surface area contributed by atoms with Crippen molar-refractivity contribution in [3.05, 3.63) is 163 Å². The molecule has 0 amide bonds. The highest BCUT2D eigenvalue weighted by Crippen LogP contribution is 2.38. The average molecular weight is 537 g/mol.